The first-order chi connectivity index (χ1) is 11.5. The molecule has 0 aromatic rings. The molecular formula is C20H44N2O3. The van der Waals surface area contributed by atoms with Crippen LogP contribution in [0.2, 0.25) is 0 Å². The summed E-state index contributed by atoms with van der Waals surface area (Å²) in [7, 11) is 0. The van der Waals surface area contributed by atoms with E-state index in [1.165, 1.54) is 0 Å². The third-order valence-corrected chi connectivity index (χ3v) is 5.41. The molecule has 5 heteroatoms. The van der Waals surface area contributed by atoms with Gasteiger partial charge in [0.05, 0.1) is 0 Å². The minimum atomic E-state index is -0.950. The highest BCUT2D eigenvalue weighted by molar-refractivity contribution is 4.87. The topological polar surface area (TPSA) is 51.8 Å². The molecule has 2 N–H and O–H groups in total. The summed E-state index contributed by atoms with van der Waals surface area (Å²) in [6.45, 7) is 22.0. The standard InChI is InChI=1S/C20H44N2O3/c1-11-17(7,12-2)21-19(9,23-15-5)25-20(10,24-16-6)22-18(8,13-3)14-4/h21-22H,11-16H2,1-10H3. The highest BCUT2D eigenvalue weighted by Gasteiger charge is 2.43. The molecule has 2 atom stereocenters. The van der Waals surface area contributed by atoms with Crippen LogP contribution in [-0.4, -0.2) is 36.1 Å². The Balaban J connectivity index is 5.56. The molecule has 152 valence electrons. The Morgan fingerprint density at radius 3 is 1.04 bits per heavy atom. The van der Waals surface area contributed by atoms with Crippen molar-refractivity contribution in [1.82, 2.24) is 10.6 Å². The third kappa shape index (κ3) is 7.92. The van der Waals surface area contributed by atoms with Gasteiger partial charge < -0.3 is 9.47 Å². The lowest BCUT2D eigenvalue weighted by atomic mass is 9.95. The molecule has 0 heterocycles. The third-order valence-electron chi connectivity index (χ3n) is 5.41. The second kappa shape index (κ2) is 10.2. The normalized spacial score (nSPS) is 18.0. The zero-order valence-corrected chi connectivity index (χ0v) is 18.5. The summed E-state index contributed by atoms with van der Waals surface area (Å²) >= 11 is 0. The lowest BCUT2D eigenvalue weighted by molar-refractivity contribution is -0.376. The molecule has 0 aromatic carbocycles. The van der Waals surface area contributed by atoms with Crippen LogP contribution < -0.4 is 10.6 Å². The predicted octanol–water partition coefficient (Wildman–Crippen LogP) is 4.76. The van der Waals surface area contributed by atoms with Gasteiger partial charge in [0, 0.05) is 38.1 Å². The summed E-state index contributed by atoms with van der Waals surface area (Å²) < 4.78 is 18.4. The molecule has 0 spiro atoms. The van der Waals surface area contributed by atoms with Crippen molar-refractivity contribution in [3.8, 4) is 0 Å². The molecular weight excluding hydrogens is 316 g/mol. The minimum Gasteiger partial charge on any atom is -0.338 e. The molecule has 0 aliphatic carbocycles. The molecule has 0 saturated carbocycles. The summed E-state index contributed by atoms with van der Waals surface area (Å²) in [5.41, 5.74) is -0.147. The fourth-order valence-electron chi connectivity index (χ4n) is 3.05. The van der Waals surface area contributed by atoms with E-state index in [1.54, 1.807) is 0 Å². The van der Waals surface area contributed by atoms with Crippen LogP contribution in [0, 0.1) is 0 Å². The monoisotopic (exact) mass is 360 g/mol. The molecule has 0 aliphatic heterocycles. The zero-order chi connectivity index (χ0) is 19.8. The van der Waals surface area contributed by atoms with E-state index in [1.807, 2.05) is 27.7 Å². The van der Waals surface area contributed by atoms with E-state index in [0.717, 1.165) is 25.7 Å². The van der Waals surface area contributed by atoms with E-state index in [-0.39, 0.29) is 11.1 Å². The largest absolute Gasteiger partial charge is 0.338 e. The second-order valence-corrected chi connectivity index (χ2v) is 7.65. The second-order valence-electron chi connectivity index (χ2n) is 7.65. The maximum Gasteiger partial charge on any atom is 0.228 e. The Labute approximate surface area is 156 Å². The maximum absolute atomic E-state index is 6.44. The van der Waals surface area contributed by atoms with E-state index >= 15 is 0 Å². The van der Waals surface area contributed by atoms with Crippen molar-refractivity contribution in [2.75, 3.05) is 13.2 Å². The van der Waals surface area contributed by atoms with Gasteiger partial charge in [-0.1, -0.05) is 27.7 Å². The molecule has 0 radical (unpaired) electrons. The van der Waals surface area contributed by atoms with Crippen LogP contribution >= 0.6 is 0 Å². The first kappa shape index (κ1) is 24.8. The predicted molar refractivity (Wildman–Crippen MR) is 105 cm³/mol. The summed E-state index contributed by atoms with van der Waals surface area (Å²) in [4.78, 5) is 0. The van der Waals surface area contributed by atoms with Crippen LogP contribution in [0.3, 0.4) is 0 Å². The maximum atomic E-state index is 6.44. The minimum absolute atomic E-state index is 0.0736. The van der Waals surface area contributed by atoms with Gasteiger partial charge >= 0.3 is 0 Å². The van der Waals surface area contributed by atoms with Crippen molar-refractivity contribution in [3.63, 3.8) is 0 Å². The van der Waals surface area contributed by atoms with Gasteiger partial charge in [-0.2, -0.15) is 0 Å². The Hall–Kier alpha value is -0.200. The van der Waals surface area contributed by atoms with Crippen molar-refractivity contribution in [2.45, 2.75) is 118 Å². The van der Waals surface area contributed by atoms with Crippen molar-refractivity contribution < 1.29 is 14.2 Å². The molecule has 0 aromatic heterocycles. The SMILES string of the molecule is CCOC(C)(NC(C)(CC)CC)OC(C)(NC(C)(CC)CC)OCC. The number of hydrogen-bond donors (Lipinski definition) is 2. The molecule has 0 bridgehead atoms. The van der Waals surface area contributed by atoms with Crippen LogP contribution in [0.4, 0.5) is 0 Å². The van der Waals surface area contributed by atoms with Gasteiger partial charge in [-0.15, -0.1) is 0 Å². The van der Waals surface area contributed by atoms with E-state index in [4.69, 9.17) is 14.2 Å². The Bertz CT molecular complexity index is 336. The van der Waals surface area contributed by atoms with E-state index in [0.29, 0.717) is 13.2 Å². The highest BCUT2D eigenvalue weighted by atomic mass is 16.8. The smallest absolute Gasteiger partial charge is 0.228 e. The van der Waals surface area contributed by atoms with Gasteiger partial charge in [-0.3, -0.25) is 15.4 Å². The van der Waals surface area contributed by atoms with Gasteiger partial charge in [0.25, 0.3) is 0 Å². The van der Waals surface area contributed by atoms with Gasteiger partial charge in [0.15, 0.2) is 0 Å². The molecule has 5 nitrogen and oxygen atoms in total. The van der Waals surface area contributed by atoms with E-state index in [9.17, 15) is 0 Å². The van der Waals surface area contributed by atoms with Crippen molar-refractivity contribution in [3.05, 3.63) is 0 Å². The Kier molecular flexibility index (Phi) is 10.1. The molecule has 25 heavy (non-hydrogen) atoms. The summed E-state index contributed by atoms with van der Waals surface area (Å²) in [6, 6.07) is 0. The first-order valence-corrected chi connectivity index (χ1v) is 10.1. The number of ether oxygens (including phenoxy) is 3. The Morgan fingerprint density at radius 1 is 0.560 bits per heavy atom. The fourth-order valence-corrected chi connectivity index (χ4v) is 3.05. The molecule has 0 fully saturated rings. The van der Waals surface area contributed by atoms with Gasteiger partial charge in [-0.05, 0) is 53.4 Å². The lowest BCUT2D eigenvalue weighted by Crippen LogP contribution is -2.66. The van der Waals surface area contributed by atoms with Crippen LogP contribution in [0.15, 0.2) is 0 Å². The lowest BCUT2D eigenvalue weighted by Gasteiger charge is -2.47. The quantitative estimate of drug-likeness (QED) is 0.437. The molecule has 0 amide bonds. The number of nitrogens with one attached hydrogen (secondary N) is 2. The van der Waals surface area contributed by atoms with Crippen molar-refractivity contribution in [2.24, 2.45) is 0 Å². The van der Waals surface area contributed by atoms with Gasteiger partial charge in [0.2, 0.25) is 11.8 Å². The molecule has 0 saturated heterocycles. The van der Waals surface area contributed by atoms with Crippen molar-refractivity contribution >= 4 is 0 Å². The van der Waals surface area contributed by atoms with Crippen LogP contribution in [0.5, 0.6) is 0 Å². The Morgan fingerprint density at radius 2 is 0.840 bits per heavy atom. The number of hydrogen-bond acceptors (Lipinski definition) is 5. The van der Waals surface area contributed by atoms with E-state index < -0.39 is 11.8 Å². The van der Waals surface area contributed by atoms with Gasteiger partial charge in [0.1, 0.15) is 0 Å². The van der Waals surface area contributed by atoms with Gasteiger partial charge in [-0.25, -0.2) is 0 Å². The highest BCUT2D eigenvalue weighted by Crippen LogP contribution is 2.28. The van der Waals surface area contributed by atoms with Crippen LogP contribution in [0.1, 0.15) is 94.9 Å². The summed E-state index contributed by atoms with van der Waals surface area (Å²) in [5.74, 6) is -1.90. The average Bonchev–Trinajstić information content (AvgIpc) is 2.54. The fraction of sp³-hybridized carbons (Fsp3) is 1.00. The van der Waals surface area contributed by atoms with Crippen LogP contribution in [0.25, 0.3) is 0 Å². The van der Waals surface area contributed by atoms with E-state index in [2.05, 4.69) is 52.2 Å². The molecule has 2 unspecified atom stereocenters. The molecule has 0 rings (SSSR count). The average molecular weight is 361 g/mol. The van der Waals surface area contributed by atoms with Crippen LogP contribution in [-0.2, 0) is 14.2 Å². The first-order valence-electron chi connectivity index (χ1n) is 10.1. The summed E-state index contributed by atoms with van der Waals surface area (Å²) in [5, 5.41) is 7.16. The summed E-state index contributed by atoms with van der Waals surface area (Å²) in [6.07, 6.45) is 3.93. The molecule has 0 aliphatic rings. The van der Waals surface area contributed by atoms with Crippen molar-refractivity contribution in [1.29, 1.82) is 0 Å². The zero-order valence-electron chi connectivity index (χ0n) is 18.5. The number of rotatable bonds is 14.